The fourth-order valence-electron chi connectivity index (χ4n) is 2.20. The Labute approximate surface area is 108 Å². The van der Waals surface area contributed by atoms with Crippen LogP contribution >= 0.6 is 0 Å². The van der Waals surface area contributed by atoms with Crippen molar-refractivity contribution in [3.8, 4) is 0 Å². The van der Waals surface area contributed by atoms with E-state index in [9.17, 15) is 0 Å². The van der Waals surface area contributed by atoms with E-state index in [1.165, 1.54) is 11.3 Å². The standard InChI is InChI=1S/C13H21N5/c1-9-11(10(2)17(5)16-9)7-18-8-15-6-12(18)13(3,4)14/h6,8H,7,14H2,1-5H3. The van der Waals surface area contributed by atoms with E-state index in [-0.39, 0.29) is 5.54 Å². The smallest absolute Gasteiger partial charge is 0.0951 e. The van der Waals surface area contributed by atoms with E-state index in [1.807, 2.05) is 45.0 Å². The van der Waals surface area contributed by atoms with Crippen LogP contribution in [0.2, 0.25) is 0 Å². The number of hydrogen-bond donors (Lipinski definition) is 1. The van der Waals surface area contributed by atoms with Crippen LogP contribution in [-0.4, -0.2) is 19.3 Å². The lowest BCUT2D eigenvalue weighted by molar-refractivity contribution is 0.503. The Morgan fingerprint density at radius 3 is 2.50 bits per heavy atom. The molecule has 5 nitrogen and oxygen atoms in total. The number of nitrogens with two attached hydrogens (primary N) is 1. The van der Waals surface area contributed by atoms with Gasteiger partial charge in [0, 0.05) is 24.5 Å². The van der Waals surface area contributed by atoms with E-state index in [0.717, 1.165) is 17.9 Å². The molecule has 2 aromatic rings. The maximum atomic E-state index is 6.16. The maximum Gasteiger partial charge on any atom is 0.0951 e. The summed E-state index contributed by atoms with van der Waals surface area (Å²) in [6.07, 6.45) is 3.66. The molecule has 0 bridgehead atoms. The van der Waals surface area contributed by atoms with Crippen molar-refractivity contribution in [2.45, 2.75) is 39.8 Å². The Balaban J connectivity index is 2.38. The molecule has 0 saturated carbocycles. The Kier molecular flexibility index (Phi) is 3.02. The minimum atomic E-state index is -0.388. The third-order valence-electron chi connectivity index (χ3n) is 3.36. The topological polar surface area (TPSA) is 61.7 Å². The number of aryl methyl sites for hydroxylation is 2. The van der Waals surface area contributed by atoms with Crippen LogP contribution in [-0.2, 0) is 19.1 Å². The molecule has 2 rings (SSSR count). The first kappa shape index (κ1) is 12.8. The highest BCUT2D eigenvalue weighted by Gasteiger charge is 2.20. The summed E-state index contributed by atoms with van der Waals surface area (Å²) in [5, 5.41) is 4.43. The molecular weight excluding hydrogens is 226 g/mol. The van der Waals surface area contributed by atoms with Crippen LogP contribution in [0, 0.1) is 13.8 Å². The van der Waals surface area contributed by atoms with Crippen LogP contribution in [0.25, 0.3) is 0 Å². The predicted molar refractivity (Wildman–Crippen MR) is 71.2 cm³/mol. The fraction of sp³-hybridized carbons (Fsp3) is 0.538. The number of nitrogens with zero attached hydrogens (tertiary/aromatic N) is 4. The van der Waals surface area contributed by atoms with Crippen LogP contribution in [0.5, 0.6) is 0 Å². The molecule has 0 aliphatic heterocycles. The molecule has 0 spiro atoms. The van der Waals surface area contributed by atoms with Crippen molar-refractivity contribution in [2.75, 3.05) is 0 Å². The molecule has 2 aromatic heterocycles. The Hall–Kier alpha value is -1.62. The molecule has 18 heavy (non-hydrogen) atoms. The number of imidazole rings is 1. The summed E-state index contributed by atoms with van der Waals surface area (Å²) in [6.45, 7) is 8.86. The zero-order valence-corrected chi connectivity index (χ0v) is 11.7. The molecule has 0 aliphatic rings. The van der Waals surface area contributed by atoms with Crippen molar-refractivity contribution in [3.05, 3.63) is 35.2 Å². The highest BCUT2D eigenvalue weighted by atomic mass is 15.3. The summed E-state index contributed by atoms with van der Waals surface area (Å²) < 4.78 is 4.01. The van der Waals surface area contributed by atoms with Crippen LogP contribution in [0.3, 0.4) is 0 Å². The van der Waals surface area contributed by atoms with Gasteiger partial charge < -0.3 is 10.3 Å². The minimum Gasteiger partial charge on any atom is -0.328 e. The molecule has 5 heteroatoms. The van der Waals surface area contributed by atoms with Gasteiger partial charge in [0.25, 0.3) is 0 Å². The molecule has 0 unspecified atom stereocenters. The molecule has 0 aromatic carbocycles. The highest BCUT2D eigenvalue weighted by molar-refractivity contribution is 5.25. The average Bonchev–Trinajstić information content (AvgIpc) is 2.79. The van der Waals surface area contributed by atoms with Crippen molar-refractivity contribution in [1.29, 1.82) is 0 Å². The van der Waals surface area contributed by atoms with Gasteiger partial charge in [-0.15, -0.1) is 0 Å². The number of aromatic nitrogens is 4. The molecule has 0 aliphatic carbocycles. The van der Waals surface area contributed by atoms with Gasteiger partial charge in [-0.25, -0.2) is 4.98 Å². The second-order valence-corrected chi connectivity index (χ2v) is 5.40. The lowest BCUT2D eigenvalue weighted by atomic mass is 10.0. The van der Waals surface area contributed by atoms with Gasteiger partial charge >= 0.3 is 0 Å². The van der Waals surface area contributed by atoms with E-state index in [1.54, 1.807) is 0 Å². The number of rotatable bonds is 3. The first-order valence-corrected chi connectivity index (χ1v) is 6.09. The van der Waals surface area contributed by atoms with Gasteiger partial charge in [-0.3, -0.25) is 4.68 Å². The summed E-state index contributed by atoms with van der Waals surface area (Å²) in [6, 6.07) is 0. The van der Waals surface area contributed by atoms with Crippen molar-refractivity contribution in [1.82, 2.24) is 19.3 Å². The van der Waals surface area contributed by atoms with Crippen molar-refractivity contribution in [2.24, 2.45) is 12.8 Å². The summed E-state index contributed by atoms with van der Waals surface area (Å²) in [5.41, 5.74) is 10.3. The highest BCUT2D eigenvalue weighted by Crippen LogP contribution is 2.20. The monoisotopic (exact) mass is 247 g/mol. The van der Waals surface area contributed by atoms with E-state index >= 15 is 0 Å². The Morgan fingerprint density at radius 2 is 2.00 bits per heavy atom. The van der Waals surface area contributed by atoms with E-state index in [0.29, 0.717) is 0 Å². The lowest BCUT2D eigenvalue weighted by Crippen LogP contribution is -2.31. The molecule has 0 saturated heterocycles. The summed E-state index contributed by atoms with van der Waals surface area (Å²) in [7, 11) is 1.97. The molecule has 2 N–H and O–H groups in total. The minimum absolute atomic E-state index is 0.388. The lowest BCUT2D eigenvalue weighted by Gasteiger charge is -2.20. The molecule has 0 fully saturated rings. The van der Waals surface area contributed by atoms with Crippen LogP contribution in [0.1, 0.15) is 36.5 Å². The van der Waals surface area contributed by atoms with Crippen molar-refractivity contribution >= 4 is 0 Å². The predicted octanol–water partition coefficient (Wildman–Crippen LogP) is 1.48. The third-order valence-corrected chi connectivity index (χ3v) is 3.36. The van der Waals surface area contributed by atoms with Gasteiger partial charge in [0.15, 0.2) is 0 Å². The number of hydrogen-bond acceptors (Lipinski definition) is 3. The Morgan fingerprint density at radius 1 is 1.33 bits per heavy atom. The molecule has 0 atom stereocenters. The normalized spacial score (nSPS) is 12.1. The van der Waals surface area contributed by atoms with E-state index < -0.39 is 0 Å². The molecule has 0 amide bonds. The quantitative estimate of drug-likeness (QED) is 0.893. The summed E-state index contributed by atoms with van der Waals surface area (Å²) >= 11 is 0. The average molecular weight is 247 g/mol. The molecule has 2 heterocycles. The van der Waals surface area contributed by atoms with Gasteiger partial charge in [0.05, 0.1) is 29.8 Å². The van der Waals surface area contributed by atoms with Gasteiger partial charge in [0.2, 0.25) is 0 Å². The molecule has 0 radical (unpaired) electrons. The van der Waals surface area contributed by atoms with Crippen molar-refractivity contribution < 1.29 is 0 Å². The van der Waals surface area contributed by atoms with Gasteiger partial charge in [-0.1, -0.05) is 0 Å². The Bertz CT molecular complexity index is 556. The van der Waals surface area contributed by atoms with E-state index in [2.05, 4.69) is 21.6 Å². The summed E-state index contributed by atoms with van der Waals surface area (Å²) in [4.78, 5) is 4.21. The van der Waals surface area contributed by atoms with E-state index in [4.69, 9.17) is 5.73 Å². The van der Waals surface area contributed by atoms with Crippen LogP contribution in [0.15, 0.2) is 12.5 Å². The maximum absolute atomic E-state index is 6.16. The zero-order valence-electron chi connectivity index (χ0n) is 11.7. The van der Waals surface area contributed by atoms with Gasteiger partial charge in [0.1, 0.15) is 0 Å². The first-order chi connectivity index (χ1) is 8.30. The molecular formula is C13H21N5. The van der Waals surface area contributed by atoms with Gasteiger partial charge in [-0.2, -0.15) is 5.10 Å². The van der Waals surface area contributed by atoms with Crippen molar-refractivity contribution in [3.63, 3.8) is 0 Å². The zero-order chi connectivity index (χ0) is 13.5. The van der Waals surface area contributed by atoms with Crippen LogP contribution in [0.4, 0.5) is 0 Å². The first-order valence-electron chi connectivity index (χ1n) is 6.09. The summed E-state index contributed by atoms with van der Waals surface area (Å²) in [5.74, 6) is 0. The third kappa shape index (κ3) is 2.18. The SMILES string of the molecule is Cc1nn(C)c(C)c1Cn1cncc1C(C)(C)N. The largest absolute Gasteiger partial charge is 0.328 e. The van der Waals surface area contributed by atoms with Gasteiger partial charge in [-0.05, 0) is 27.7 Å². The molecule has 98 valence electrons. The fourth-order valence-corrected chi connectivity index (χ4v) is 2.20. The second kappa shape index (κ2) is 4.24. The second-order valence-electron chi connectivity index (χ2n) is 5.40. The van der Waals surface area contributed by atoms with Crippen LogP contribution < -0.4 is 5.73 Å².